The van der Waals surface area contributed by atoms with E-state index in [4.69, 9.17) is 4.74 Å². The van der Waals surface area contributed by atoms with Crippen molar-refractivity contribution in [1.29, 1.82) is 0 Å². The van der Waals surface area contributed by atoms with E-state index in [1.165, 1.54) is 24.3 Å². The molecule has 1 atom stereocenters. The second-order valence-corrected chi connectivity index (χ2v) is 8.08. The summed E-state index contributed by atoms with van der Waals surface area (Å²) in [6.07, 6.45) is 1.64. The highest BCUT2D eigenvalue weighted by Crippen LogP contribution is 2.35. The van der Waals surface area contributed by atoms with E-state index in [-0.39, 0.29) is 17.6 Å². The van der Waals surface area contributed by atoms with Gasteiger partial charge >= 0.3 is 0 Å². The molecule has 25 heavy (non-hydrogen) atoms. The molecular weight excluding hydrogens is 341 g/mol. The highest BCUT2D eigenvalue weighted by atomic mass is 32.2. The van der Waals surface area contributed by atoms with Crippen molar-refractivity contribution in [2.45, 2.75) is 31.6 Å². The lowest BCUT2D eigenvalue weighted by Gasteiger charge is -2.24. The molecule has 1 aliphatic rings. The molecule has 0 bridgehead atoms. The first kappa shape index (κ1) is 17.9. The van der Waals surface area contributed by atoms with E-state index in [9.17, 15) is 12.8 Å². The van der Waals surface area contributed by atoms with Gasteiger partial charge in [0.2, 0.25) is 10.0 Å². The van der Waals surface area contributed by atoms with E-state index in [1.54, 1.807) is 4.31 Å². The summed E-state index contributed by atoms with van der Waals surface area (Å²) in [7, 11) is -3.46. The quantitative estimate of drug-likeness (QED) is 0.782. The van der Waals surface area contributed by atoms with Crippen LogP contribution in [0.3, 0.4) is 0 Å². The maximum Gasteiger partial charge on any atom is 0.218 e. The fourth-order valence-corrected chi connectivity index (χ4v) is 5.03. The van der Waals surface area contributed by atoms with Crippen LogP contribution in [0.5, 0.6) is 5.75 Å². The largest absolute Gasteiger partial charge is 0.494 e. The number of ether oxygens (including phenoxy) is 1. The molecule has 0 amide bonds. The van der Waals surface area contributed by atoms with Crippen molar-refractivity contribution in [3.05, 3.63) is 65.5 Å². The van der Waals surface area contributed by atoms with E-state index >= 15 is 0 Å². The molecule has 0 radical (unpaired) electrons. The molecule has 0 spiro atoms. The second-order valence-electron chi connectivity index (χ2n) is 6.15. The van der Waals surface area contributed by atoms with Crippen molar-refractivity contribution in [1.82, 2.24) is 4.31 Å². The van der Waals surface area contributed by atoms with Gasteiger partial charge in [0.1, 0.15) is 11.6 Å². The van der Waals surface area contributed by atoms with E-state index in [2.05, 4.69) is 0 Å². The summed E-state index contributed by atoms with van der Waals surface area (Å²) in [5.74, 6) is 0.306. The molecule has 1 heterocycles. The van der Waals surface area contributed by atoms with Crippen LogP contribution < -0.4 is 4.74 Å². The normalized spacial score (nSPS) is 18.4. The van der Waals surface area contributed by atoms with Gasteiger partial charge in [0.15, 0.2) is 0 Å². The number of hydrogen-bond acceptors (Lipinski definition) is 3. The molecular formula is C19H22FNO3S. The van der Waals surface area contributed by atoms with Crippen molar-refractivity contribution < 1.29 is 17.5 Å². The average molecular weight is 363 g/mol. The van der Waals surface area contributed by atoms with Gasteiger partial charge in [-0.25, -0.2) is 12.8 Å². The summed E-state index contributed by atoms with van der Waals surface area (Å²) < 4.78 is 45.7. The van der Waals surface area contributed by atoms with Gasteiger partial charge in [-0.1, -0.05) is 24.3 Å². The lowest BCUT2D eigenvalue weighted by molar-refractivity contribution is 0.339. The number of rotatable bonds is 6. The Balaban J connectivity index is 1.78. The van der Waals surface area contributed by atoms with Gasteiger partial charge in [-0.05, 0) is 55.2 Å². The van der Waals surface area contributed by atoms with Crippen LogP contribution in [0.2, 0.25) is 0 Å². The first-order valence-electron chi connectivity index (χ1n) is 8.46. The standard InChI is InChI=1S/C19H22FNO3S/c1-2-24-18-11-7-16(8-12-18)19-4-3-13-21(19)25(22,23)14-15-5-9-17(20)10-6-15/h5-12,19H,2-4,13-14H2,1H3. The van der Waals surface area contributed by atoms with Crippen LogP contribution in [0, 0.1) is 5.82 Å². The first-order valence-corrected chi connectivity index (χ1v) is 10.1. The van der Waals surface area contributed by atoms with Gasteiger partial charge in [-0.15, -0.1) is 0 Å². The Hall–Kier alpha value is -1.92. The number of nitrogens with zero attached hydrogens (tertiary/aromatic N) is 1. The Labute approximate surface area is 148 Å². The maximum atomic E-state index is 13.0. The highest BCUT2D eigenvalue weighted by Gasteiger charge is 2.35. The maximum absolute atomic E-state index is 13.0. The third-order valence-electron chi connectivity index (χ3n) is 4.40. The summed E-state index contributed by atoms with van der Waals surface area (Å²) in [6.45, 7) is 3.04. The molecule has 1 saturated heterocycles. The third kappa shape index (κ3) is 4.19. The zero-order valence-corrected chi connectivity index (χ0v) is 15.0. The molecule has 2 aromatic carbocycles. The van der Waals surface area contributed by atoms with E-state index < -0.39 is 10.0 Å². The summed E-state index contributed by atoms with van der Waals surface area (Å²) in [6, 6.07) is 13.1. The lowest BCUT2D eigenvalue weighted by atomic mass is 10.1. The smallest absolute Gasteiger partial charge is 0.218 e. The van der Waals surface area contributed by atoms with Crippen LogP contribution in [0.1, 0.15) is 36.9 Å². The SMILES string of the molecule is CCOc1ccc(C2CCCN2S(=O)(=O)Cc2ccc(F)cc2)cc1. The van der Waals surface area contributed by atoms with Crippen LogP contribution in [0.15, 0.2) is 48.5 Å². The zero-order valence-electron chi connectivity index (χ0n) is 14.2. The van der Waals surface area contributed by atoms with Crippen molar-refractivity contribution in [3.63, 3.8) is 0 Å². The Kier molecular flexibility index (Phi) is 5.39. The number of sulfonamides is 1. The molecule has 1 fully saturated rings. The summed E-state index contributed by atoms with van der Waals surface area (Å²) >= 11 is 0. The second kappa shape index (κ2) is 7.54. The van der Waals surface area contributed by atoms with E-state index in [0.717, 1.165) is 24.2 Å². The monoisotopic (exact) mass is 363 g/mol. The molecule has 1 aliphatic heterocycles. The summed E-state index contributed by atoms with van der Waals surface area (Å²) in [5.41, 5.74) is 1.57. The molecule has 0 aromatic heterocycles. The molecule has 4 nitrogen and oxygen atoms in total. The molecule has 0 aliphatic carbocycles. The molecule has 1 unspecified atom stereocenters. The van der Waals surface area contributed by atoms with Crippen molar-refractivity contribution in [2.24, 2.45) is 0 Å². The number of halogens is 1. The first-order chi connectivity index (χ1) is 12.0. The van der Waals surface area contributed by atoms with Gasteiger partial charge in [-0.2, -0.15) is 4.31 Å². The highest BCUT2D eigenvalue weighted by molar-refractivity contribution is 7.88. The lowest BCUT2D eigenvalue weighted by Crippen LogP contribution is -2.31. The summed E-state index contributed by atoms with van der Waals surface area (Å²) in [4.78, 5) is 0. The predicted molar refractivity (Wildman–Crippen MR) is 95.3 cm³/mol. The Morgan fingerprint density at radius 1 is 1.12 bits per heavy atom. The van der Waals surface area contributed by atoms with Gasteiger partial charge in [-0.3, -0.25) is 0 Å². The minimum Gasteiger partial charge on any atom is -0.494 e. The predicted octanol–water partition coefficient (Wildman–Crippen LogP) is 3.89. The van der Waals surface area contributed by atoms with Crippen LogP contribution in [0.25, 0.3) is 0 Å². The zero-order chi connectivity index (χ0) is 17.9. The molecule has 0 N–H and O–H groups in total. The van der Waals surface area contributed by atoms with Gasteiger partial charge < -0.3 is 4.74 Å². The Bertz CT molecular complexity index is 804. The third-order valence-corrected chi connectivity index (χ3v) is 6.25. The van der Waals surface area contributed by atoms with Gasteiger partial charge in [0.05, 0.1) is 12.4 Å². The van der Waals surface area contributed by atoms with Crippen LogP contribution in [0.4, 0.5) is 4.39 Å². The number of benzene rings is 2. The minimum absolute atomic E-state index is 0.110. The van der Waals surface area contributed by atoms with Crippen molar-refractivity contribution >= 4 is 10.0 Å². The Morgan fingerprint density at radius 3 is 2.44 bits per heavy atom. The van der Waals surface area contributed by atoms with Crippen molar-refractivity contribution in [2.75, 3.05) is 13.2 Å². The molecule has 134 valence electrons. The van der Waals surface area contributed by atoms with Gasteiger partial charge in [0.25, 0.3) is 0 Å². The fourth-order valence-electron chi connectivity index (χ4n) is 3.23. The Morgan fingerprint density at radius 2 is 1.80 bits per heavy atom. The topological polar surface area (TPSA) is 46.6 Å². The molecule has 6 heteroatoms. The molecule has 0 saturated carbocycles. The number of hydrogen-bond donors (Lipinski definition) is 0. The van der Waals surface area contributed by atoms with Crippen LogP contribution in [-0.4, -0.2) is 25.9 Å². The molecule has 3 rings (SSSR count). The van der Waals surface area contributed by atoms with E-state index in [1.807, 2.05) is 31.2 Å². The summed E-state index contributed by atoms with van der Waals surface area (Å²) in [5, 5.41) is 0. The minimum atomic E-state index is -3.46. The average Bonchev–Trinajstić information content (AvgIpc) is 3.08. The van der Waals surface area contributed by atoms with E-state index in [0.29, 0.717) is 18.7 Å². The van der Waals surface area contributed by atoms with Gasteiger partial charge in [0, 0.05) is 12.6 Å². The fraction of sp³-hybridized carbons (Fsp3) is 0.368. The molecule has 2 aromatic rings. The van der Waals surface area contributed by atoms with Crippen LogP contribution in [-0.2, 0) is 15.8 Å². The van der Waals surface area contributed by atoms with Crippen molar-refractivity contribution in [3.8, 4) is 5.75 Å². The van der Waals surface area contributed by atoms with Crippen LogP contribution >= 0.6 is 0 Å².